The SMILES string of the molecule is CN(CC1CC(N)C1)c1ncncc1Cl. The van der Waals surface area contributed by atoms with Gasteiger partial charge in [-0.15, -0.1) is 0 Å². The van der Waals surface area contributed by atoms with Crippen LogP contribution in [0.1, 0.15) is 12.8 Å². The third kappa shape index (κ3) is 2.38. The first kappa shape index (κ1) is 10.6. The van der Waals surface area contributed by atoms with Gasteiger partial charge in [-0.2, -0.15) is 0 Å². The molecule has 1 aromatic rings. The maximum atomic E-state index is 6.00. The molecule has 0 radical (unpaired) electrons. The van der Waals surface area contributed by atoms with E-state index in [1.807, 2.05) is 7.05 Å². The molecule has 82 valence electrons. The van der Waals surface area contributed by atoms with E-state index >= 15 is 0 Å². The normalized spacial score (nSPS) is 24.7. The molecule has 0 spiro atoms. The van der Waals surface area contributed by atoms with Crippen molar-refractivity contribution >= 4 is 17.4 Å². The molecule has 0 atom stereocenters. The summed E-state index contributed by atoms with van der Waals surface area (Å²) < 4.78 is 0. The quantitative estimate of drug-likeness (QED) is 0.844. The standard InChI is InChI=1S/C10H15ClN4/c1-15(5-7-2-8(12)3-7)10-9(11)4-13-6-14-10/h4,6-8H,2-3,5,12H2,1H3. The molecule has 1 aliphatic rings. The van der Waals surface area contributed by atoms with Gasteiger partial charge in [-0.3, -0.25) is 0 Å². The summed E-state index contributed by atoms with van der Waals surface area (Å²) in [5.41, 5.74) is 5.74. The first-order valence-electron chi connectivity index (χ1n) is 5.09. The highest BCUT2D eigenvalue weighted by Gasteiger charge is 2.27. The van der Waals surface area contributed by atoms with Crippen LogP contribution in [0.15, 0.2) is 12.5 Å². The summed E-state index contributed by atoms with van der Waals surface area (Å²) in [5.74, 6) is 1.48. The lowest BCUT2D eigenvalue weighted by Gasteiger charge is -2.35. The summed E-state index contributed by atoms with van der Waals surface area (Å²) in [4.78, 5) is 10.1. The molecule has 2 N–H and O–H groups in total. The molecule has 5 heteroatoms. The maximum absolute atomic E-state index is 6.00. The van der Waals surface area contributed by atoms with Crippen LogP contribution in [-0.2, 0) is 0 Å². The summed E-state index contributed by atoms with van der Waals surface area (Å²) >= 11 is 6.00. The van der Waals surface area contributed by atoms with E-state index in [1.54, 1.807) is 6.20 Å². The number of hydrogen-bond acceptors (Lipinski definition) is 4. The zero-order valence-corrected chi connectivity index (χ0v) is 9.48. The van der Waals surface area contributed by atoms with Gasteiger partial charge in [0.2, 0.25) is 0 Å². The van der Waals surface area contributed by atoms with E-state index in [2.05, 4.69) is 14.9 Å². The van der Waals surface area contributed by atoms with Crippen molar-refractivity contribution in [1.29, 1.82) is 0 Å². The van der Waals surface area contributed by atoms with Crippen LogP contribution in [0, 0.1) is 5.92 Å². The lowest BCUT2D eigenvalue weighted by molar-refractivity contribution is 0.270. The maximum Gasteiger partial charge on any atom is 0.150 e. The molecule has 4 nitrogen and oxygen atoms in total. The van der Waals surface area contributed by atoms with E-state index < -0.39 is 0 Å². The average Bonchev–Trinajstić information content (AvgIpc) is 2.16. The summed E-state index contributed by atoms with van der Waals surface area (Å²) in [6.07, 6.45) is 5.34. The second-order valence-corrected chi connectivity index (χ2v) is 4.58. The van der Waals surface area contributed by atoms with Crippen LogP contribution in [-0.4, -0.2) is 29.6 Å². The minimum absolute atomic E-state index is 0.393. The first-order chi connectivity index (χ1) is 7.16. The summed E-state index contributed by atoms with van der Waals surface area (Å²) in [5, 5.41) is 0.601. The van der Waals surface area contributed by atoms with Crippen LogP contribution >= 0.6 is 11.6 Å². The Morgan fingerprint density at radius 3 is 2.93 bits per heavy atom. The predicted octanol–water partition coefficient (Wildman–Crippen LogP) is 1.30. The fourth-order valence-corrected chi connectivity index (χ4v) is 2.25. The monoisotopic (exact) mass is 226 g/mol. The van der Waals surface area contributed by atoms with Crippen LogP contribution < -0.4 is 10.6 Å². The smallest absolute Gasteiger partial charge is 0.150 e. The van der Waals surface area contributed by atoms with Gasteiger partial charge >= 0.3 is 0 Å². The Morgan fingerprint density at radius 2 is 2.33 bits per heavy atom. The third-order valence-electron chi connectivity index (χ3n) is 2.81. The Bertz CT molecular complexity index is 338. The molecule has 0 saturated heterocycles. The van der Waals surface area contributed by atoms with Crippen LogP contribution in [0.5, 0.6) is 0 Å². The molecule has 0 aromatic carbocycles. The van der Waals surface area contributed by atoms with Crippen molar-refractivity contribution in [1.82, 2.24) is 9.97 Å². The van der Waals surface area contributed by atoms with E-state index in [0.717, 1.165) is 25.2 Å². The number of aromatic nitrogens is 2. The lowest BCUT2D eigenvalue weighted by Crippen LogP contribution is -2.42. The number of rotatable bonds is 3. The van der Waals surface area contributed by atoms with Gasteiger partial charge in [-0.05, 0) is 18.8 Å². The summed E-state index contributed by atoms with van der Waals surface area (Å²) in [6, 6.07) is 0.393. The van der Waals surface area contributed by atoms with Crippen LogP contribution in [0.4, 0.5) is 5.82 Å². The largest absolute Gasteiger partial charge is 0.358 e. The van der Waals surface area contributed by atoms with Gasteiger partial charge in [-0.25, -0.2) is 9.97 Å². The molecule has 1 aromatic heterocycles. The minimum atomic E-state index is 0.393. The van der Waals surface area contributed by atoms with E-state index in [4.69, 9.17) is 17.3 Å². The van der Waals surface area contributed by atoms with Gasteiger partial charge in [0.15, 0.2) is 5.82 Å². The number of hydrogen-bond donors (Lipinski definition) is 1. The highest BCUT2D eigenvalue weighted by atomic mass is 35.5. The highest BCUT2D eigenvalue weighted by molar-refractivity contribution is 6.32. The lowest BCUT2D eigenvalue weighted by atomic mass is 9.81. The van der Waals surface area contributed by atoms with Crippen molar-refractivity contribution in [2.45, 2.75) is 18.9 Å². The summed E-state index contributed by atoms with van der Waals surface area (Å²) in [6.45, 7) is 0.963. The molecule has 1 fully saturated rings. The van der Waals surface area contributed by atoms with Gasteiger partial charge in [0.25, 0.3) is 0 Å². The molecular weight excluding hydrogens is 212 g/mol. The zero-order valence-electron chi connectivity index (χ0n) is 8.73. The molecule has 15 heavy (non-hydrogen) atoms. The van der Waals surface area contributed by atoms with Crippen LogP contribution in [0.2, 0.25) is 5.02 Å². The second-order valence-electron chi connectivity index (χ2n) is 4.17. The van der Waals surface area contributed by atoms with Crippen molar-refractivity contribution in [3.05, 3.63) is 17.5 Å². The van der Waals surface area contributed by atoms with Crippen molar-refractivity contribution in [2.75, 3.05) is 18.5 Å². The third-order valence-corrected chi connectivity index (χ3v) is 3.08. The molecule has 1 saturated carbocycles. The van der Waals surface area contributed by atoms with Gasteiger partial charge in [0.05, 0.1) is 6.20 Å². The van der Waals surface area contributed by atoms with Crippen molar-refractivity contribution < 1.29 is 0 Å². The molecule has 0 bridgehead atoms. The number of halogens is 1. The summed E-state index contributed by atoms with van der Waals surface area (Å²) in [7, 11) is 2.00. The molecule has 1 aliphatic carbocycles. The average molecular weight is 227 g/mol. The van der Waals surface area contributed by atoms with E-state index in [1.165, 1.54) is 6.33 Å². The fraction of sp³-hybridized carbons (Fsp3) is 0.600. The Morgan fingerprint density at radius 1 is 1.60 bits per heavy atom. The van der Waals surface area contributed by atoms with E-state index in [9.17, 15) is 0 Å². The Kier molecular flexibility index (Phi) is 3.07. The molecule has 0 unspecified atom stereocenters. The van der Waals surface area contributed by atoms with Crippen molar-refractivity contribution in [3.8, 4) is 0 Å². The fourth-order valence-electron chi connectivity index (χ4n) is 2.00. The minimum Gasteiger partial charge on any atom is -0.358 e. The van der Waals surface area contributed by atoms with Crippen molar-refractivity contribution in [3.63, 3.8) is 0 Å². The molecule has 2 rings (SSSR count). The van der Waals surface area contributed by atoms with Gasteiger partial charge in [0.1, 0.15) is 11.3 Å². The highest BCUT2D eigenvalue weighted by Crippen LogP contribution is 2.28. The second kappa shape index (κ2) is 4.33. The van der Waals surface area contributed by atoms with E-state index in [0.29, 0.717) is 17.0 Å². The number of nitrogens with zero attached hydrogens (tertiary/aromatic N) is 3. The van der Waals surface area contributed by atoms with Gasteiger partial charge in [0, 0.05) is 19.6 Å². The Labute approximate surface area is 94.5 Å². The predicted molar refractivity (Wildman–Crippen MR) is 61.0 cm³/mol. The van der Waals surface area contributed by atoms with Gasteiger partial charge < -0.3 is 10.6 Å². The van der Waals surface area contributed by atoms with E-state index in [-0.39, 0.29) is 0 Å². The number of nitrogens with two attached hydrogens (primary N) is 1. The molecule has 0 aliphatic heterocycles. The first-order valence-corrected chi connectivity index (χ1v) is 5.47. The van der Waals surface area contributed by atoms with Gasteiger partial charge in [-0.1, -0.05) is 11.6 Å². The zero-order chi connectivity index (χ0) is 10.8. The Hall–Kier alpha value is -0.870. The van der Waals surface area contributed by atoms with Crippen LogP contribution in [0.3, 0.4) is 0 Å². The Balaban J connectivity index is 1.96. The topological polar surface area (TPSA) is 55.0 Å². The number of anilines is 1. The van der Waals surface area contributed by atoms with Crippen LogP contribution in [0.25, 0.3) is 0 Å². The molecular formula is C10H15ClN4. The molecule has 0 amide bonds. The van der Waals surface area contributed by atoms with Crippen molar-refractivity contribution in [2.24, 2.45) is 11.7 Å². The molecule has 1 heterocycles.